The van der Waals surface area contributed by atoms with Crippen LogP contribution >= 0.6 is 0 Å². The minimum Gasteiger partial charge on any atom is -0.350 e. The van der Waals surface area contributed by atoms with Gasteiger partial charge in [0.05, 0.1) is 0 Å². The molecule has 5 heteroatoms. The summed E-state index contributed by atoms with van der Waals surface area (Å²) < 4.78 is 0. The number of aromatic amines is 2. The zero-order chi connectivity index (χ0) is 12.3. The highest BCUT2D eigenvalue weighted by molar-refractivity contribution is 5.57. The van der Waals surface area contributed by atoms with Crippen LogP contribution in [0.2, 0.25) is 0 Å². The Morgan fingerprint density at radius 2 is 1.88 bits per heavy atom. The van der Waals surface area contributed by atoms with E-state index in [1.165, 1.54) is 11.8 Å². The van der Waals surface area contributed by atoms with E-state index < -0.39 is 11.2 Å². The van der Waals surface area contributed by atoms with Crippen molar-refractivity contribution < 1.29 is 0 Å². The number of rotatable bonds is 3. The van der Waals surface area contributed by atoms with Gasteiger partial charge < -0.3 is 10.3 Å². The van der Waals surface area contributed by atoms with E-state index in [1.807, 2.05) is 24.3 Å². The first kappa shape index (κ1) is 11.2. The summed E-state index contributed by atoms with van der Waals surface area (Å²) in [6, 6.07) is 7.76. The topological polar surface area (TPSA) is 77.8 Å². The molecule has 0 unspecified atom stereocenters. The average molecular weight is 231 g/mol. The van der Waals surface area contributed by atoms with Crippen molar-refractivity contribution in [2.24, 2.45) is 0 Å². The Morgan fingerprint density at radius 1 is 1.18 bits per heavy atom. The highest BCUT2D eigenvalue weighted by Crippen LogP contribution is 2.13. The molecule has 0 spiro atoms. The summed E-state index contributed by atoms with van der Waals surface area (Å²) in [7, 11) is 0. The van der Waals surface area contributed by atoms with Gasteiger partial charge in [0.1, 0.15) is 5.69 Å². The fourth-order valence-electron chi connectivity index (χ4n) is 1.48. The number of aryl methyl sites for hydroxylation is 1. The lowest BCUT2D eigenvalue weighted by molar-refractivity contribution is 1.04. The molecule has 2 aromatic rings. The molecule has 0 radical (unpaired) electrons. The Bertz CT molecular complexity index is 611. The van der Waals surface area contributed by atoms with Gasteiger partial charge in [-0.25, -0.2) is 4.79 Å². The van der Waals surface area contributed by atoms with Crippen LogP contribution < -0.4 is 16.6 Å². The second-order valence-corrected chi connectivity index (χ2v) is 3.66. The second kappa shape index (κ2) is 4.69. The monoisotopic (exact) mass is 231 g/mol. The number of hydrogen-bond acceptors (Lipinski definition) is 3. The fraction of sp³-hybridized carbons (Fsp3) is 0.167. The first-order valence-electron chi connectivity index (χ1n) is 5.37. The number of benzene rings is 1. The van der Waals surface area contributed by atoms with E-state index in [-0.39, 0.29) is 0 Å². The van der Waals surface area contributed by atoms with Gasteiger partial charge in [-0.05, 0) is 24.1 Å². The molecule has 0 saturated heterocycles. The van der Waals surface area contributed by atoms with Crippen LogP contribution in [0.4, 0.5) is 11.4 Å². The SMILES string of the molecule is CCc1ccc(Nc2c[nH]c(=O)[nH]c2=O)cc1. The zero-order valence-corrected chi connectivity index (χ0v) is 9.41. The molecule has 0 aliphatic rings. The lowest BCUT2D eigenvalue weighted by atomic mass is 10.1. The smallest absolute Gasteiger partial charge is 0.325 e. The largest absolute Gasteiger partial charge is 0.350 e. The second-order valence-electron chi connectivity index (χ2n) is 3.66. The third-order valence-corrected chi connectivity index (χ3v) is 2.46. The molecule has 0 atom stereocenters. The molecular formula is C12H13N3O2. The van der Waals surface area contributed by atoms with Crippen molar-refractivity contribution in [3.8, 4) is 0 Å². The summed E-state index contributed by atoms with van der Waals surface area (Å²) in [5.74, 6) is 0. The van der Waals surface area contributed by atoms with E-state index in [1.54, 1.807) is 0 Å². The predicted molar refractivity (Wildman–Crippen MR) is 66.8 cm³/mol. The van der Waals surface area contributed by atoms with Gasteiger partial charge in [0.25, 0.3) is 5.56 Å². The van der Waals surface area contributed by atoms with Gasteiger partial charge in [0, 0.05) is 11.9 Å². The first-order chi connectivity index (χ1) is 8.19. The van der Waals surface area contributed by atoms with Crippen molar-refractivity contribution in [2.75, 3.05) is 5.32 Å². The van der Waals surface area contributed by atoms with Gasteiger partial charge in [0.2, 0.25) is 0 Å². The molecule has 1 aromatic heterocycles. The summed E-state index contributed by atoms with van der Waals surface area (Å²) in [5, 5.41) is 2.94. The van der Waals surface area contributed by atoms with E-state index in [4.69, 9.17) is 0 Å². The van der Waals surface area contributed by atoms with E-state index in [0.717, 1.165) is 12.1 Å². The van der Waals surface area contributed by atoms with Crippen LogP contribution in [0.15, 0.2) is 40.1 Å². The maximum Gasteiger partial charge on any atom is 0.325 e. The highest BCUT2D eigenvalue weighted by Gasteiger charge is 2.00. The fourth-order valence-corrected chi connectivity index (χ4v) is 1.48. The third-order valence-electron chi connectivity index (χ3n) is 2.46. The normalized spacial score (nSPS) is 10.2. The Morgan fingerprint density at radius 3 is 2.47 bits per heavy atom. The number of aromatic nitrogens is 2. The minimum absolute atomic E-state index is 0.314. The molecule has 0 amide bonds. The molecule has 17 heavy (non-hydrogen) atoms. The molecule has 0 aliphatic carbocycles. The molecular weight excluding hydrogens is 218 g/mol. The van der Waals surface area contributed by atoms with Crippen LogP contribution in [0.25, 0.3) is 0 Å². The molecule has 1 aromatic carbocycles. The van der Waals surface area contributed by atoms with Crippen LogP contribution in [0.5, 0.6) is 0 Å². The molecule has 0 saturated carbocycles. The van der Waals surface area contributed by atoms with E-state index in [0.29, 0.717) is 5.69 Å². The van der Waals surface area contributed by atoms with Crippen molar-refractivity contribution in [2.45, 2.75) is 13.3 Å². The minimum atomic E-state index is -0.512. The van der Waals surface area contributed by atoms with E-state index in [9.17, 15) is 9.59 Å². The summed E-state index contributed by atoms with van der Waals surface area (Å²) in [6.45, 7) is 2.08. The van der Waals surface area contributed by atoms with E-state index >= 15 is 0 Å². The highest BCUT2D eigenvalue weighted by atomic mass is 16.2. The third kappa shape index (κ3) is 2.63. The van der Waals surface area contributed by atoms with Crippen LogP contribution in [-0.2, 0) is 6.42 Å². The Labute approximate surface area is 97.5 Å². The molecule has 88 valence electrons. The molecule has 5 nitrogen and oxygen atoms in total. The Balaban J connectivity index is 2.25. The summed E-state index contributed by atoms with van der Waals surface area (Å²) in [4.78, 5) is 26.8. The number of nitrogens with one attached hydrogen (secondary N) is 3. The van der Waals surface area contributed by atoms with Crippen molar-refractivity contribution >= 4 is 11.4 Å². The summed E-state index contributed by atoms with van der Waals surface area (Å²) in [5.41, 5.74) is 1.40. The number of H-pyrrole nitrogens is 2. The van der Waals surface area contributed by atoms with Crippen LogP contribution in [0, 0.1) is 0 Å². The van der Waals surface area contributed by atoms with Gasteiger partial charge in [0.15, 0.2) is 0 Å². The molecule has 0 aliphatic heterocycles. The van der Waals surface area contributed by atoms with Crippen molar-refractivity contribution in [1.82, 2.24) is 9.97 Å². The van der Waals surface area contributed by atoms with Crippen molar-refractivity contribution in [1.29, 1.82) is 0 Å². The molecule has 3 N–H and O–H groups in total. The van der Waals surface area contributed by atoms with Gasteiger partial charge in [-0.1, -0.05) is 19.1 Å². The number of hydrogen-bond donors (Lipinski definition) is 3. The van der Waals surface area contributed by atoms with Crippen LogP contribution in [0.1, 0.15) is 12.5 Å². The quantitative estimate of drug-likeness (QED) is 0.746. The van der Waals surface area contributed by atoms with Crippen LogP contribution in [-0.4, -0.2) is 9.97 Å². The Kier molecular flexibility index (Phi) is 3.09. The maximum absolute atomic E-state index is 11.4. The van der Waals surface area contributed by atoms with Gasteiger partial charge in [-0.3, -0.25) is 9.78 Å². The summed E-state index contributed by atoms with van der Waals surface area (Å²) in [6.07, 6.45) is 2.33. The van der Waals surface area contributed by atoms with Crippen molar-refractivity contribution in [3.05, 3.63) is 56.9 Å². The zero-order valence-electron chi connectivity index (χ0n) is 9.41. The van der Waals surface area contributed by atoms with Crippen molar-refractivity contribution in [3.63, 3.8) is 0 Å². The molecule has 0 fully saturated rings. The van der Waals surface area contributed by atoms with Gasteiger partial charge in [-0.2, -0.15) is 0 Å². The molecule has 2 rings (SSSR count). The van der Waals surface area contributed by atoms with Gasteiger partial charge in [-0.15, -0.1) is 0 Å². The predicted octanol–water partition coefficient (Wildman–Crippen LogP) is 1.37. The average Bonchev–Trinajstić information content (AvgIpc) is 2.34. The first-order valence-corrected chi connectivity index (χ1v) is 5.37. The Hall–Kier alpha value is -2.30. The summed E-state index contributed by atoms with van der Waals surface area (Å²) >= 11 is 0. The lowest BCUT2D eigenvalue weighted by Gasteiger charge is -2.05. The molecule has 1 heterocycles. The van der Waals surface area contributed by atoms with E-state index in [2.05, 4.69) is 22.2 Å². The molecule has 0 bridgehead atoms. The van der Waals surface area contributed by atoms with Crippen LogP contribution in [0.3, 0.4) is 0 Å². The lowest BCUT2D eigenvalue weighted by Crippen LogP contribution is -2.23. The number of anilines is 2. The maximum atomic E-state index is 11.4. The standard InChI is InChI=1S/C12H13N3O2/c1-2-8-3-5-9(6-4-8)14-10-7-13-12(17)15-11(10)16/h3-7,14H,2H2,1H3,(H2,13,15,16,17). The van der Waals surface area contributed by atoms with Gasteiger partial charge >= 0.3 is 5.69 Å².